The minimum atomic E-state index is -0.404. The van der Waals surface area contributed by atoms with Gasteiger partial charge in [0.1, 0.15) is 11.5 Å². The predicted molar refractivity (Wildman–Crippen MR) is 115 cm³/mol. The van der Waals surface area contributed by atoms with E-state index < -0.39 is 4.92 Å². The zero-order valence-corrected chi connectivity index (χ0v) is 16.2. The Labute approximate surface area is 169 Å². The van der Waals surface area contributed by atoms with E-state index in [1.807, 2.05) is 66.8 Å². The molecule has 0 N–H and O–H groups in total. The molecule has 0 aliphatic rings. The summed E-state index contributed by atoms with van der Waals surface area (Å²) in [6.07, 6.45) is 5.87. The van der Waals surface area contributed by atoms with Crippen LogP contribution in [0, 0.1) is 10.1 Å². The number of non-ortho nitro benzene ring substituents is 1. The van der Waals surface area contributed by atoms with Gasteiger partial charge in [0.05, 0.1) is 19.1 Å². The van der Waals surface area contributed by atoms with E-state index in [2.05, 4.69) is 0 Å². The monoisotopic (exact) mass is 387 g/mol. The first-order chi connectivity index (χ1) is 14.1. The Morgan fingerprint density at radius 2 is 1.28 bits per heavy atom. The Hall–Kier alpha value is -3.86. The number of methoxy groups -OCH3 is 2. The molecule has 146 valence electrons. The van der Waals surface area contributed by atoms with E-state index in [0.29, 0.717) is 0 Å². The highest BCUT2D eigenvalue weighted by atomic mass is 16.6. The van der Waals surface area contributed by atoms with Gasteiger partial charge >= 0.3 is 0 Å². The van der Waals surface area contributed by atoms with E-state index in [-0.39, 0.29) is 5.69 Å². The number of ether oxygens (including phenoxy) is 2. The van der Waals surface area contributed by atoms with Crippen LogP contribution in [0.4, 0.5) is 5.69 Å². The van der Waals surface area contributed by atoms with E-state index >= 15 is 0 Å². The Morgan fingerprint density at radius 1 is 0.793 bits per heavy atom. The van der Waals surface area contributed by atoms with Crippen LogP contribution in [0.1, 0.15) is 16.7 Å². The fourth-order valence-electron chi connectivity index (χ4n) is 2.86. The molecular weight excluding hydrogens is 366 g/mol. The molecule has 3 rings (SSSR count). The van der Waals surface area contributed by atoms with Crippen LogP contribution in [0.3, 0.4) is 0 Å². The molecule has 0 heterocycles. The fourth-order valence-corrected chi connectivity index (χ4v) is 2.86. The first-order valence-corrected chi connectivity index (χ1v) is 9.02. The second kappa shape index (κ2) is 9.37. The summed E-state index contributed by atoms with van der Waals surface area (Å²) in [5, 5.41) is 10.8. The first kappa shape index (κ1) is 19.9. The van der Waals surface area contributed by atoms with Crippen molar-refractivity contribution in [3.63, 3.8) is 0 Å². The number of hydrogen-bond donors (Lipinski definition) is 0. The van der Waals surface area contributed by atoms with Crippen molar-refractivity contribution in [2.24, 2.45) is 0 Å². The van der Waals surface area contributed by atoms with Gasteiger partial charge in [0.25, 0.3) is 5.69 Å². The largest absolute Gasteiger partial charge is 0.497 e. The molecule has 3 aromatic rings. The van der Waals surface area contributed by atoms with Crippen LogP contribution in [0.15, 0.2) is 84.9 Å². The normalized spacial score (nSPS) is 10.6. The van der Waals surface area contributed by atoms with E-state index in [1.165, 1.54) is 12.1 Å². The Morgan fingerprint density at radius 3 is 1.69 bits per heavy atom. The van der Waals surface area contributed by atoms with Crippen molar-refractivity contribution in [3.05, 3.63) is 112 Å². The molecule has 0 aliphatic carbocycles. The molecule has 3 aromatic carbocycles. The average molecular weight is 387 g/mol. The molecule has 29 heavy (non-hydrogen) atoms. The standard InChI is InChI=1S/C24H21NO4/c1-28-22-14-8-19(9-15-22)24(20-10-16-23(29-2)17-11-20)5-3-4-18-6-12-21(13-7-18)25(26)27/h3-17H,1-2H3. The van der Waals surface area contributed by atoms with Crippen molar-refractivity contribution in [1.29, 1.82) is 0 Å². The number of nitro benzene ring substituents is 1. The lowest BCUT2D eigenvalue weighted by Gasteiger charge is -2.10. The lowest BCUT2D eigenvalue weighted by Crippen LogP contribution is -1.90. The molecule has 0 radical (unpaired) electrons. The van der Waals surface area contributed by atoms with Crippen LogP contribution < -0.4 is 9.47 Å². The van der Waals surface area contributed by atoms with Crippen molar-refractivity contribution < 1.29 is 14.4 Å². The lowest BCUT2D eigenvalue weighted by molar-refractivity contribution is -0.384. The molecule has 5 nitrogen and oxygen atoms in total. The summed E-state index contributed by atoms with van der Waals surface area (Å²) in [6, 6.07) is 22.2. The van der Waals surface area contributed by atoms with E-state index in [9.17, 15) is 10.1 Å². The van der Waals surface area contributed by atoms with E-state index in [1.54, 1.807) is 26.4 Å². The fraction of sp³-hybridized carbons (Fsp3) is 0.0833. The van der Waals surface area contributed by atoms with E-state index in [4.69, 9.17) is 9.47 Å². The van der Waals surface area contributed by atoms with Gasteiger partial charge in [0.15, 0.2) is 0 Å². The van der Waals surface area contributed by atoms with Crippen molar-refractivity contribution in [2.45, 2.75) is 0 Å². The van der Waals surface area contributed by atoms with Crippen molar-refractivity contribution in [1.82, 2.24) is 0 Å². The summed E-state index contributed by atoms with van der Waals surface area (Å²) in [4.78, 5) is 10.4. The maximum Gasteiger partial charge on any atom is 0.269 e. The molecule has 0 saturated carbocycles. The topological polar surface area (TPSA) is 61.6 Å². The quantitative estimate of drug-likeness (QED) is 0.294. The third kappa shape index (κ3) is 5.11. The molecule has 0 saturated heterocycles. The molecule has 5 heteroatoms. The maximum absolute atomic E-state index is 10.8. The van der Waals surface area contributed by atoms with E-state index in [0.717, 1.165) is 33.8 Å². The molecular formula is C24H21NO4. The van der Waals surface area contributed by atoms with Gasteiger partial charge in [0, 0.05) is 12.1 Å². The number of benzene rings is 3. The molecule has 0 bridgehead atoms. The summed E-state index contributed by atoms with van der Waals surface area (Å²) in [5.74, 6) is 1.59. The minimum absolute atomic E-state index is 0.0786. The number of allylic oxidation sites excluding steroid dienone is 2. The van der Waals surface area contributed by atoms with Crippen LogP contribution in [0.2, 0.25) is 0 Å². The summed E-state index contributed by atoms with van der Waals surface area (Å²) in [7, 11) is 3.28. The van der Waals surface area contributed by atoms with Crippen LogP contribution in [-0.2, 0) is 0 Å². The second-order valence-corrected chi connectivity index (χ2v) is 6.25. The molecule has 0 atom stereocenters. The van der Waals surface area contributed by atoms with Gasteiger partial charge in [-0.05, 0) is 58.7 Å². The lowest BCUT2D eigenvalue weighted by atomic mass is 9.97. The van der Waals surface area contributed by atoms with Gasteiger partial charge < -0.3 is 9.47 Å². The molecule has 0 aromatic heterocycles. The smallest absolute Gasteiger partial charge is 0.269 e. The van der Waals surface area contributed by atoms with Gasteiger partial charge in [-0.3, -0.25) is 10.1 Å². The maximum atomic E-state index is 10.8. The zero-order valence-electron chi connectivity index (χ0n) is 16.2. The highest BCUT2D eigenvalue weighted by molar-refractivity contribution is 5.82. The summed E-state index contributed by atoms with van der Waals surface area (Å²) in [6.45, 7) is 0. The number of nitrogens with zero attached hydrogens (tertiary/aromatic N) is 1. The van der Waals surface area contributed by atoms with Gasteiger partial charge in [-0.1, -0.05) is 42.5 Å². The van der Waals surface area contributed by atoms with Crippen molar-refractivity contribution in [3.8, 4) is 11.5 Å². The SMILES string of the molecule is COc1ccc(C(=CC=Cc2ccc([N+](=O)[O-])cc2)c2ccc(OC)cc2)cc1. The van der Waals surface area contributed by atoms with Crippen LogP contribution in [0.25, 0.3) is 11.6 Å². The Balaban J connectivity index is 1.93. The molecule has 0 fully saturated rings. The predicted octanol–water partition coefficient (Wildman–Crippen LogP) is 5.76. The van der Waals surface area contributed by atoms with Gasteiger partial charge in [-0.2, -0.15) is 0 Å². The van der Waals surface area contributed by atoms with Crippen LogP contribution in [-0.4, -0.2) is 19.1 Å². The summed E-state index contributed by atoms with van der Waals surface area (Å²) >= 11 is 0. The zero-order chi connectivity index (χ0) is 20.6. The average Bonchev–Trinajstić information content (AvgIpc) is 2.77. The summed E-state index contributed by atoms with van der Waals surface area (Å²) in [5.41, 5.74) is 4.09. The highest BCUT2D eigenvalue weighted by Crippen LogP contribution is 2.27. The highest BCUT2D eigenvalue weighted by Gasteiger charge is 2.06. The van der Waals surface area contributed by atoms with Crippen LogP contribution in [0.5, 0.6) is 11.5 Å². The minimum Gasteiger partial charge on any atom is -0.497 e. The van der Waals surface area contributed by atoms with Crippen molar-refractivity contribution in [2.75, 3.05) is 14.2 Å². The van der Waals surface area contributed by atoms with Gasteiger partial charge in [-0.15, -0.1) is 0 Å². The Kier molecular flexibility index (Phi) is 6.43. The van der Waals surface area contributed by atoms with Gasteiger partial charge in [-0.25, -0.2) is 0 Å². The third-order valence-electron chi connectivity index (χ3n) is 4.46. The molecule has 0 amide bonds. The number of hydrogen-bond acceptors (Lipinski definition) is 4. The second-order valence-electron chi connectivity index (χ2n) is 6.25. The van der Waals surface area contributed by atoms with Crippen LogP contribution >= 0.6 is 0 Å². The first-order valence-electron chi connectivity index (χ1n) is 9.02. The third-order valence-corrected chi connectivity index (χ3v) is 4.46. The summed E-state index contributed by atoms with van der Waals surface area (Å²) < 4.78 is 10.5. The number of rotatable bonds is 7. The van der Waals surface area contributed by atoms with Crippen molar-refractivity contribution >= 4 is 17.3 Å². The molecule has 0 aliphatic heterocycles. The molecule has 0 unspecified atom stereocenters. The Bertz CT molecular complexity index is 968. The van der Waals surface area contributed by atoms with Gasteiger partial charge in [0.2, 0.25) is 0 Å². The molecule has 0 spiro atoms. The number of nitro groups is 1.